The van der Waals surface area contributed by atoms with Crippen LogP contribution >= 0.6 is 11.6 Å². The maximum atomic E-state index is 13.7. The number of carbonyl (C=O) groups is 1. The summed E-state index contributed by atoms with van der Waals surface area (Å²) in [5.41, 5.74) is 28.1. The van der Waals surface area contributed by atoms with E-state index in [0.717, 1.165) is 126 Å². The predicted octanol–water partition coefficient (Wildman–Crippen LogP) is 16.9. The fourth-order valence-electron chi connectivity index (χ4n) is 13.3. The largest absolute Gasteiger partial charge is 0.356 e. The number of allylic oxidation sites excluding steroid dienone is 12. The molecule has 0 saturated carbocycles. The van der Waals surface area contributed by atoms with Gasteiger partial charge in [0, 0.05) is 87.5 Å². The van der Waals surface area contributed by atoms with Crippen molar-refractivity contribution in [3.05, 3.63) is 175 Å². The Balaban J connectivity index is 0.858. The van der Waals surface area contributed by atoms with E-state index in [2.05, 4.69) is 205 Å². The topological polar surface area (TPSA) is 92.7 Å². The molecule has 0 radical (unpaired) electrons. The Morgan fingerprint density at radius 3 is 2.03 bits per heavy atom. The maximum absolute atomic E-state index is 13.7. The quantitative estimate of drug-likeness (QED) is 0.0719. The van der Waals surface area contributed by atoms with E-state index < -0.39 is 0 Å². The van der Waals surface area contributed by atoms with Crippen molar-refractivity contribution in [3.63, 3.8) is 0 Å². The van der Waals surface area contributed by atoms with Crippen LogP contribution < -0.4 is 10.2 Å². The van der Waals surface area contributed by atoms with Gasteiger partial charge in [-0.3, -0.25) is 4.79 Å². The Labute approximate surface area is 469 Å². The molecular formula is C69H81ClN7O+. The van der Waals surface area contributed by atoms with Gasteiger partial charge in [0.15, 0.2) is 12.3 Å². The second-order valence-corrected chi connectivity index (χ2v) is 23.5. The van der Waals surface area contributed by atoms with Gasteiger partial charge >= 0.3 is 0 Å². The minimum Gasteiger partial charge on any atom is -0.356 e. The van der Waals surface area contributed by atoms with Crippen LogP contribution in [0.3, 0.4) is 0 Å². The zero-order chi connectivity index (χ0) is 55.2. The second-order valence-electron chi connectivity index (χ2n) is 23.1. The smallest absolute Gasteiger partial charge is 0.220 e. The molecular weight excluding hydrogens is 978 g/mol. The van der Waals surface area contributed by atoms with E-state index in [0.29, 0.717) is 13.0 Å². The number of nitrogens with one attached hydrogen (secondary N) is 3. The normalized spacial score (nSPS) is 17.9. The number of anilines is 1. The van der Waals surface area contributed by atoms with Crippen molar-refractivity contribution < 1.29 is 9.37 Å². The van der Waals surface area contributed by atoms with Gasteiger partial charge in [-0.05, 0) is 197 Å². The Hall–Kier alpha value is -6.77. The third-order valence-electron chi connectivity index (χ3n) is 17.8. The molecule has 0 atom stereocenters. The van der Waals surface area contributed by atoms with Crippen LogP contribution in [0.4, 0.5) is 11.4 Å². The second kappa shape index (κ2) is 22.2. The number of aromatic amines is 2. The van der Waals surface area contributed by atoms with Crippen molar-refractivity contribution in [1.29, 1.82) is 0 Å². The molecule has 1 aliphatic carbocycles. The van der Waals surface area contributed by atoms with Crippen molar-refractivity contribution in [3.8, 4) is 0 Å². The highest BCUT2D eigenvalue weighted by Gasteiger charge is 2.44. The Bertz CT molecular complexity index is 3650. The first-order valence-electron chi connectivity index (χ1n) is 29.0. The number of fused-ring (bicyclic) bond motifs is 10. The molecule has 3 aromatic heterocycles. The molecule has 0 fully saturated rings. The van der Waals surface area contributed by atoms with E-state index >= 15 is 0 Å². The monoisotopic (exact) mass is 1060 g/mol. The van der Waals surface area contributed by atoms with Gasteiger partial charge in [0.1, 0.15) is 0 Å². The molecule has 4 aliphatic heterocycles. The number of benzene rings is 2. The number of aryl methyl sites for hydroxylation is 4. The van der Waals surface area contributed by atoms with E-state index in [1.54, 1.807) is 0 Å². The van der Waals surface area contributed by atoms with Gasteiger partial charge in [-0.25, -0.2) is 9.97 Å². The van der Waals surface area contributed by atoms with Crippen molar-refractivity contribution in [2.45, 2.75) is 158 Å². The van der Waals surface area contributed by atoms with Crippen LogP contribution in [0.25, 0.3) is 44.4 Å². The standard InChI is InChI=1S/C69H80ClN7O/c1-13-48-42(5)54-38-55-45(8)51(61(75-55)41-60-50(15-3)44(7)57(74-60)40-59-49(14-2)43(6)56(73-59)39-58(48)72-54)26-22-31-66(78)71-36-23-37-77-63-30-20-18-28-53(63)69(11,12)65(77)35-33-47-25-21-24-46(67(47)70)32-34-64-68(9,10)52-27-17-19-29-62(52)76(64)16-4/h17-20,27-30,32-35,38-41H,13-16,21-26,31,36-37H2,1-12H3,(H2-,71,72,73,74,75,78)/p+1. The summed E-state index contributed by atoms with van der Waals surface area (Å²) < 4.78 is 2.46. The first kappa shape index (κ1) is 54.6. The molecule has 7 heterocycles. The lowest BCUT2D eigenvalue weighted by Crippen LogP contribution is -2.29. The lowest BCUT2D eigenvalue weighted by Gasteiger charge is -2.26. The SMILES string of the molecule is CCC1=C(C)c2cc3nc(cc4[nH]c(cc5[nH]c(cc1n2)c(C)c5CC)c(C)c4CC)C(CCCC(=O)NCCC[N+]1=C(C=CC2=C(Cl)C(=CC=C4N(CC)c5ccccc5C4(C)C)CCC2)C(C)(C)c2ccccc21)=C3C. The Morgan fingerprint density at radius 2 is 1.33 bits per heavy atom. The zero-order valence-electron chi connectivity index (χ0n) is 48.5. The third-order valence-corrected chi connectivity index (χ3v) is 18.3. The van der Waals surface area contributed by atoms with Gasteiger partial charge in [0.25, 0.3) is 0 Å². The maximum Gasteiger partial charge on any atom is 0.220 e. The molecule has 78 heavy (non-hydrogen) atoms. The van der Waals surface area contributed by atoms with Crippen LogP contribution in [-0.2, 0) is 28.5 Å². The van der Waals surface area contributed by atoms with Crippen LogP contribution in [0, 0.1) is 13.8 Å². The van der Waals surface area contributed by atoms with Gasteiger partial charge in [0.05, 0.1) is 28.2 Å². The predicted molar refractivity (Wildman–Crippen MR) is 330 cm³/mol. The van der Waals surface area contributed by atoms with E-state index in [-0.39, 0.29) is 16.7 Å². The number of likely N-dealkylation sites (N-methyl/N-ethyl adjacent to an activating group) is 1. The number of para-hydroxylation sites is 2. The summed E-state index contributed by atoms with van der Waals surface area (Å²) in [6.45, 7) is 29.3. The van der Waals surface area contributed by atoms with Crippen molar-refractivity contribution >= 4 is 79.0 Å². The van der Waals surface area contributed by atoms with Crippen LogP contribution in [0.5, 0.6) is 0 Å². The van der Waals surface area contributed by atoms with Gasteiger partial charge < -0.3 is 20.2 Å². The molecule has 5 aliphatic rings. The lowest BCUT2D eigenvalue weighted by atomic mass is 9.81. The molecule has 3 N–H and O–H groups in total. The lowest BCUT2D eigenvalue weighted by molar-refractivity contribution is -0.437. The first-order valence-corrected chi connectivity index (χ1v) is 29.4. The Kier molecular flexibility index (Phi) is 15.5. The van der Waals surface area contributed by atoms with Gasteiger partial charge in [-0.2, -0.15) is 4.58 Å². The molecule has 0 unspecified atom stereocenters. The fraction of sp³-hybridized carbons (Fsp3) is 0.391. The van der Waals surface area contributed by atoms with Crippen LogP contribution in [0.1, 0.15) is 177 Å². The number of hydrogen-bond acceptors (Lipinski definition) is 4. The number of nitrogens with zero attached hydrogens (tertiary/aromatic N) is 4. The summed E-state index contributed by atoms with van der Waals surface area (Å²) in [5, 5.41) is 4.17. The summed E-state index contributed by atoms with van der Waals surface area (Å²) in [6.07, 6.45) is 17.6. The van der Waals surface area contributed by atoms with Gasteiger partial charge in [-0.15, -0.1) is 0 Å². The van der Waals surface area contributed by atoms with Crippen LogP contribution in [-0.4, -0.2) is 55.8 Å². The molecule has 5 aromatic rings. The summed E-state index contributed by atoms with van der Waals surface area (Å²) in [5.74, 6) is 0.0815. The first-order chi connectivity index (χ1) is 37.5. The minimum atomic E-state index is -0.203. The minimum absolute atomic E-state index is 0.0815. The van der Waals surface area contributed by atoms with Crippen molar-refractivity contribution in [2.75, 3.05) is 24.5 Å². The number of aromatic nitrogens is 4. The summed E-state index contributed by atoms with van der Waals surface area (Å²) in [7, 11) is 0. The molecule has 0 saturated heterocycles. The van der Waals surface area contributed by atoms with E-state index in [1.807, 2.05) is 0 Å². The highest BCUT2D eigenvalue weighted by Crippen LogP contribution is 2.48. The molecule has 2 aromatic carbocycles. The molecule has 8 bridgehead atoms. The average Bonchev–Trinajstić information content (AvgIpc) is 4.26. The summed E-state index contributed by atoms with van der Waals surface area (Å²) in [6, 6.07) is 26.5. The fourth-order valence-corrected chi connectivity index (χ4v) is 13.6. The van der Waals surface area contributed by atoms with E-state index in [1.165, 1.54) is 84.0 Å². The van der Waals surface area contributed by atoms with E-state index in [9.17, 15) is 4.79 Å². The molecule has 404 valence electrons. The highest BCUT2D eigenvalue weighted by molar-refractivity contribution is 6.32. The number of hydrogen-bond donors (Lipinski definition) is 3. The van der Waals surface area contributed by atoms with E-state index in [4.69, 9.17) is 21.6 Å². The molecule has 0 spiro atoms. The number of amides is 1. The van der Waals surface area contributed by atoms with Gasteiger partial charge in [0.2, 0.25) is 11.6 Å². The molecule has 9 heteroatoms. The molecule has 1 amide bonds. The van der Waals surface area contributed by atoms with Crippen LogP contribution in [0.2, 0.25) is 0 Å². The summed E-state index contributed by atoms with van der Waals surface area (Å²) >= 11 is 7.34. The third kappa shape index (κ3) is 9.92. The number of rotatable bonds is 15. The summed E-state index contributed by atoms with van der Waals surface area (Å²) in [4.78, 5) is 34.3. The van der Waals surface area contributed by atoms with Crippen molar-refractivity contribution in [1.82, 2.24) is 25.3 Å². The number of H-pyrrole nitrogens is 2. The highest BCUT2D eigenvalue weighted by atomic mass is 35.5. The van der Waals surface area contributed by atoms with Crippen LogP contribution in [0.15, 0.2) is 119 Å². The number of halogens is 1. The molecule has 10 rings (SSSR count). The molecule has 8 nitrogen and oxygen atoms in total. The van der Waals surface area contributed by atoms with Crippen molar-refractivity contribution in [2.24, 2.45) is 0 Å². The number of carbonyl (C=O) groups excluding carboxylic acids is 1. The van der Waals surface area contributed by atoms with Gasteiger partial charge in [-0.1, -0.05) is 94.8 Å². The Morgan fingerprint density at radius 1 is 0.705 bits per heavy atom. The zero-order valence-corrected chi connectivity index (χ0v) is 49.3. The average molecular weight is 1060 g/mol.